The molecule has 0 fully saturated rings. The van der Waals surface area contributed by atoms with Gasteiger partial charge >= 0.3 is 0 Å². The highest BCUT2D eigenvalue weighted by molar-refractivity contribution is 9.10. The summed E-state index contributed by atoms with van der Waals surface area (Å²) in [5, 5.41) is 3.37. The number of rotatable bonds is 4. The first-order valence-corrected chi connectivity index (χ1v) is 7.40. The topological polar surface area (TPSA) is 47.3 Å². The fourth-order valence-corrected chi connectivity index (χ4v) is 2.85. The van der Waals surface area contributed by atoms with Crippen molar-refractivity contribution in [3.63, 3.8) is 0 Å². The lowest BCUT2D eigenvalue weighted by atomic mass is 10.2. The van der Waals surface area contributed by atoms with Crippen LogP contribution in [0.1, 0.15) is 5.56 Å². The van der Waals surface area contributed by atoms with E-state index in [1.54, 1.807) is 30.3 Å². The normalized spacial score (nSPS) is 10.3. The van der Waals surface area contributed by atoms with Crippen LogP contribution < -0.4 is 15.8 Å². The highest BCUT2D eigenvalue weighted by Crippen LogP contribution is 2.32. The Hall–Kier alpha value is -1.37. The molecule has 2 aromatic carbocycles. The summed E-state index contributed by atoms with van der Waals surface area (Å²) < 4.78 is 19.6. The largest absolute Gasteiger partial charge is 0.495 e. The maximum atomic E-state index is 14.3. The standard InChI is InChI=1S/C14H11BrClFN2OS/c1-20-11-5-2-7(6-9(11)16)19-10-4-3-8(14(18)21)12(15)13(10)17/h2-6,19H,1H3,(H2,18,21). The molecule has 0 aliphatic carbocycles. The number of anilines is 2. The zero-order chi connectivity index (χ0) is 15.6. The third-order valence-corrected chi connectivity index (χ3v) is 4.07. The molecule has 0 spiro atoms. The molecule has 0 unspecified atom stereocenters. The molecule has 0 bridgehead atoms. The SMILES string of the molecule is COc1ccc(Nc2ccc(C(N)=S)c(Br)c2F)cc1Cl. The minimum absolute atomic E-state index is 0.125. The number of hydrogen-bond donors (Lipinski definition) is 2. The zero-order valence-corrected chi connectivity index (χ0v) is 14.1. The van der Waals surface area contributed by atoms with Crippen molar-refractivity contribution < 1.29 is 9.13 Å². The molecule has 0 atom stereocenters. The number of benzene rings is 2. The van der Waals surface area contributed by atoms with E-state index in [-0.39, 0.29) is 15.1 Å². The Labute approximate surface area is 140 Å². The molecule has 21 heavy (non-hydrogen) atoms. The van der Waals surface area contributed by atoms with E-state index in [1.165, 1.54) is 7.11 Å². The Kier molecular flexibility index (Phi) is 5.03. The summed E-state index contributed by atoms with van der Waals surface area (Å²) in [4.78, 5) is 0.125. The molecule has 7 heteroatoms. The minimum atomic E-state index is -0.479. The van der Waals surface area contributed by atoms with E-state index in [0.29, 0.717) is 22.0 Å². The molecule has 3 N–H and O–H groups in total. The van der Waals surface area contributed by atoms with Gasteiger partial charge in [0, 0.05) is 11.3 Å². The molecule has 2 rings (SSSR count). The zero-order valence-electron chi connectivity index (χ0n) is 10.9. The van der Waals surface area contributed by atoms with Gasteiger partial charge < -0.3 is 15.8 Å². The third kappa shape index (κ3) is 3.45. The van der Waals surface area contributed by atoms with Crippen molar-refractivity contribution in [1.82, 2.24) is 0 Å². The Bertz CT molecular complexity index is 712. The van der Waals surface area contributed by atoms with Gasteiger partial charge in [0.25, 0.3) is 0 Å². The highest BCUT2D eigenvalue weighted by atomic mass is 79.9. The Morgan fingerprint density at radius 1 is 1.38 bits per heavy atom. The number of halogens is 3. The first kappa shape index (κ1) is 16.0. The molecular weight excluding hydrogens is 379 g/mol. The van der Waals surface area contributed by atoms with Crippen molar-refractivity contribution in [2.45, 2.75) is 0 Å². The van der Waals surface area contributed by atoms with E-state index in [2.05, 4.69) is 21.2 Å². The van der Waals surface area contributed by atoms with Gasteiger partial charge in [-0.15, -0.1) is 0 Å². The fraction of sp³-hybridized carbons (Fsp3) is 0.0714. The van der Waals surface area contributed by atoms with Gasteiger partial charge in [0.05, 0.1) is 22.3 Å². The summed E-state index contributed by atoms with van der Waals surface area (Å²) in [5.41, 5.74) is 6.88. The molecule has 0 heterocycles. The van der Waals surface area contributed by atoms with Crippen LogP contribution in [0.4, 0.5) is 15.8 Å². The molecule has 0 saturated heterocycles. The van der Waals surface area contributed by atoms with Crippen LogP contribution in [0.25, 0.3) is 0 Å². The number of methoxy groups -OCH3 is 1. The Morgan fingerprint density at radius 3 is 2.67 bits per heavy atom. The van der Waals surface area contributed by atoms with Crippen LogP contribution in [0.3, 0.4) is 0 Å². The van der Waals surface area contributed by atoms with Crippen LogP contribution >= 0.6 is 39.7 Å². The van der Waals surface area contributed by atoms with E-state index in [0.717, 1.165) is 0 Å². The van der Waals surface area contributed by atoms with E-state index in [1.807, 2.05) is 0 Å². The lowest BCUT2D eigenvalue weighted by Crippen LogP contribution is -2.11. The van der Waals surface area contributed by atoms with Gasteiger partial charge in [-0.05, 0) is 46.3 Å². The van der Waals surface area contributed by atoms with Crippen molar-refractivity contribution in [2.24, 2.45) is 5.73 Å². The number of nitrogens with two attached hydrogens (primary N) is 1. The first-order valence-electron chi connectivity index (χ1n) is 5.82. The van der Waals surface area contributed by atoms with Crippen LogP contribution in [-0.4, -0.2) is 12.1 Å². The number of ether oxygens (including phenoxy) is 1. The second-order valence-electron chi connectivity index (χ2n) is 4.13. The quantitative estimate of drug-likeness (QED) is 0.749. The molecule has 0 aromatic heterocycles. The van der Waals surface area contributed by atoms with Gasteiger partial charge in [-0.3, -0.25) is 0 Å². The van der Waals surface area contributed by atoms with E-state index >= 15 is 0 Å². The maximum Gasteiger partial charge on any atom is 0.161 e. The van der Waals surface area contributed by atoms with E-state index < -0.39 is 5.82 Å². The maximum absolute atomic E-state index is 14.3. The molecule has 110 valence electrons. The van der Waals surface area contributed by atoms with Gasteiger partial charge in [-0.2, -0.15) is 0 Å². The highest BCUT2D eigenvalue weighted by Gasteiger charge is 2.13. The average Bonchev–Trinajstić information content (AvgIpc) is 2.44. The van der Waals surface area contributed by atoms with Crippen molar-refractivity contribution in [3.8, 4) is 5.75 Å². The van der Waals surface area contributed by atoms with Gasteiger partial charge in [0.15, 0.2) is 5.82 Å². The van der Waals surface area contributed by atoms with E-state index in [4.69, 9.17) is 34.3 Å². The van der Waals surface area contributed by atoms with Crippen molar-refractivity contribution in [1.29, 1.82) is 0 Å². The van der Waals surface area contributed by atoms with Crippen molar-refractivity contribution >= 4 is 56.1 Å². The summed E-state index contributed by atoms with van der Waals surface area (Å²) in [6, 6.07) is 8.28. The molecule has 0 aliphatic rings. The van der Waals surface area contributed by atoms with Crippen LogP contribution in [-0.2, 0) is 0 Å². The van der Waals surface area contributed by atoms with Crippen LogP contribution in [0, 0.1) is 5.82 Å². The number of nitrogens with one attached hydrogen (secondary N) is 1. The summed E-state index contributed by atoms with van der Waals surface area (Å²) in [5.74, 6) is 0.0694. The van der Waals surface area contributed by atoms with Gasteiger partial charge in [0.1, 0.15) is 10.7 Å². The lowest BCUT2D eigenvalue weighted by molar-refractivity contribution is 0.415. The van der Waals surface area contributed by atoms with Crippen molar-refractivity contribution in [3.05, 3.63) is 51.2 Å². The Balaban J connectivity index is 2.34. The number of thiocarbonyl (C=S) groups is 1. The summed E-state index contributed by atoms with van der Waals surface area (Å²) in [7, 11) is 1.53. The molecular formula is C14H11BrClFN2OS. The van der Waals surface area contributed by atoms with Gasteiger partial charge in [-0.25, -0.2) is 4.39 Å². The van der Waals surface area contributed by atoms with E-state index in [9.17, 15) is 4.39 Å². The average molecular weight is 390 g/mol. The van der Waals surface area contributed by atoms with Crippen LogP contribution in [0.5, 0.6) is 5.75 Å². The minimum Gasteiger partial charge on any atom is -0.495 e. The molecule has 0 aliphatic heterocycles. The Morgan fingerprint density at radius 2 is 2.10 bits per heavy atom. The molecule has 3 nitrogen and oxygen atoms in total. The predicted octanol–water partition coefficient (Wildman–Crippen LogP) is 4.63. The second kappa shape index (κ2) is 6.60. The monoisotopic (exact) mass is 388 g/mol. The van der Waals surface area contributed by atoms with Crippen LogP contribution in [0.2, 0.25) is 5.02 Å². The van der Waals surface area contributed by atoms with Crippen LogP contribution in [0.15, 0.2) is 34.8 Å². The first-order chi connectivity index (χ1) is 9.93. The summed E-state index contributed by atoms with van der Waals surface area (Å²) in [6.07, 6.45) is 0. The number of hydrogen-bond acceptors (Lipinski definition) is 3. The molecule has 0 amide bonds. The molecule has 2 aromatic rings. The molecule has 0 radical (unpaired) electrons. The predicted molar refractivity (Wildman–Crippen MR) is 91.3 cm³/mol. The fourth-order valence-electron chi connectivity index (χ4n) is 1.74. The van der Waals surface area contributed by atoms with Gasteiger partial charge in [-0.1, -0.05) is 23.8 Å². The lowest BCUT2D eigenvalue weighted by Gasteiger charge is -2.12. The smallest absolute Gasteiger partial charge is 0.161 e. The van der Waals surface area contributed by atoms with Gasteiger partial charge in [0.2, 0.25) is 0 Å². The summed E-state index contributed by atoms with van der Waals surface area (Å²) in [6.45, 7) is 0. The van der Waals surface area contributed by atoms with Crippen molar-refractivity contribution in [2.75, 3.05) is 12.4 Å². The summed E-state index contributed by atoms with van der Waals surface area (Å²) >= 11 is 14.0. The third-order valence-electron chi connectivity index (χ3n) is 2.78. The molecule has 0 saturated carbocycles. The second-order valence-corrected chi connectivity index (χ2v) is 5.77.